The van der Waals surface area contributed by atoms with Crippen LogP contribution in [-0.2, 0) is 0 Å². The molecular formula is C20H20BrN5O. The number of carbonyl (C=O) groups excluding carboxylic acids is 1. The van der Waals surface area contributed by atoms with Gasteiger partial charge in [0.1, 0.15) is 5.82 Å². The van der Waals surface area contributed by atoms with E-state index in [0.717, 1.165) is 28.2 Å². The highest BCUT2D eigenvalue weighted by Crippen LogP contribution is 2.19. The quantitative estimate of drug-likeness (QED) is 0.519. The summed E-state index contributed by atoms with van der Waals surface area (Å²) in [4.78, 5) is 21.1. The summed E-state index contributed by atoms with van der Waals surface area (Å²) in [5.41, 5.74) is 3.03. The molecule has 0 spiro atoms. The number of anilines is 4. The highest BCUT2D eigenvalue weighted by Gasteiger charge is 2.07. The van der Waals surface area contributed by atoms with Crippen molar-refractivity contribution < 1.29 is 4.79 Å². The minimum Gasteiger partial charge on any atom is -0.370 e. The number of amides is 1. The molecule has 0 aliphatic carbocycles. The van der Waals surface area contributed by atoms with Crippen LogP contribution in [-0.4, -0.2) is 22.4 Å². The van der Waals surface area contributed by atoms with Gasteiger partial charge in [-0.15, -0.1) is 0 Å². The zero-order valence-electron chi connectivity index (χ0n) is 15.1. The Kier molecular flexibility index (Phi) is 6.03. The smallest absolute Gasteiger partial charge is 0.255 e. The summed E-state index contributed by atoms with van der Waals surface area (Å²) in [6.07, 6.45) is 0. The lowest BCUT2D eigenvalue weighted by Gasteiger charge is -2.10. The standard InChI is InChI=1S/C20H20BrN5O/c1-3-22-18-12-13(2)23-20(26-18)25-17-10-8-16(9-11-17)24-19(27)14-4-6-15(21)7-5-14/h4-12H,3H2,1-2H3,(H,24,27)(H2,22,23,25,26). The van der Waals surface area contributed by atoms with E-state index in [2.05, 4.69) is 41.8 Å². The Balaban J connectivity index is 1.67. The molecule has 0 saturated heterocycles. The minimum absolute atomic E-state index is 0.152. The second kappa shape index (κ2) is 8.64. The number of nitrogens with zero attached hydrogens (tertiary/aromatic N) is 2. The van der Waals surface area contributed by atoms with E-state index < -0.39 is 0 Å². The molecular weight excluding hydrogens is 406 g/mol. The van der Waals surface area contributed by atoms with Crippen LogP contribution >= 0.6 is 15.9 Å². The van der Waals surface area contributed by atoms with Crippen molar-refractivity contribution in [2.24, 2.45) is 0 Å². The average molecular weight is 426 g/mol. The number of halogens is 1. The highest BCUT2D eigenvalue weighted by atomic mass is 79.9. The number of hydrogen-bond donors (Lipinski definition) is 3. The molecule has 3 N–H and O–H groups in total. The highest BCUT2D eigenvalue weighted by molar-refractivity contribution is 9.10. The predicted molar refractivity (Wildman–Crippen MR) is 113 cm³/mol. The van der Waals surface area contributed by atoms with Gasteiger partial charge in [-0.2, -0.15) is 4.98 Å². The largest absolute Gasteiger partial charge is 0.370 e. The summed E-state index contributed by atoms with van der Waals surface area (Å²) in [6.45, 7) is 4.74. The van der Waals surface area contributed by atoms with Gasteiger partial charge in [0, 0.05) is 39.7 Å². The fourth-order valence-electron chi connectivity index (χ4n) is 2.47. The van der Waals surface area contributed by atoms with Crippen LogP contribution in [0.3, 0.4) is 0 Å². The van der Waals surface area contributed by atoms with Gasteiger partial charge in [0.05, 0.1) is 0 Å². The van der Waals surface area contributed by atoms with Crippen molar-refractivity contribution >= 4 is 45.0 Å². The first-order valence-electron chi connectivity index (χ1n) is 8.57. The summed E-state index contributed by atoms with van der Waals surface area (Å²) in [6, 6.07) is 16.5. The third-order valence-electron chi connectivity index (χ3n) is 3.72. The van der Waals surface area contributed by atoms with Crippen LogP contribution in [0.4, 0.5) is 23.1 Å². The fraction of sp³-hybridized carbons (Fsp3) is 0.150. The van der Waals surface area contributed by atoms with Crippen LogP contribution in [0.5, 0.6) is 0 Å². The summed E-state index contributed by atoms with van der Waals surface area (Å²) in [5, 5.41) is 9.25. The SMILES string of the molecule is CCNc1cc(C)nc(Nc2ccc(NC(=O)c3ccc(Br)cc3)cc2)n1. The first-order valence-corrected chi connectivity index (χ1v) is 9.36. The molecule has 0 aliphatic rings. The van der Waals surface area contributed by atoms with E-state index in [1.54, 1.807) is 12.1 Å². The Hall–Kier alpha value is -2.93. The molecule has 1 aromatic heterocycles. The van der Waals surface area contributed by atoms with E-state index in [-0.39, 0.29) is 5.91 Å². The van der Waals surface area contributed by atoms with E-state index in [4.69, 9.17) is 0 Å². The van der Waals surface area contributed by atoms with Crippen molar-refractivity contribution in [3.05, 3.63) is 70.3 Å². The number of hydrogen-bond acceptors (Lipinski definition) is 5. The van der Waals surface area contributed by atoms with Crippen LogP contribution < -0.4 is 16.0 Å². The van der Waals surface area contributed by atoms with Crippen molar-refractivity contribution in [1.82, 2.24) is 9.97 Å². The van der Waals surface area contributed by atoms with E-state index in [1.807, 2.05) is 56.3 Å². The number of nitrogens with one attached hydrogen (secondary N) is 3. The number of aromatic nitrogens is 2. The second-order valence-corrected chi connectivity index (χ2v) is 6.83. The monoisotopic (exact) mass is 425 g/mol. The molecule has 0 radical (unpaired) electrons. The molecule has 0 atom stereocenters. The van der Waals surface area contributed by atoms with Gasteiger partial charge < -0.3 is 16.0 Å². The lowest BCUT2D eigenvalue weighted by molar-refractivity contribution is 0.102. The number of aryl methyl sites for hydroxylation is 1. The molecule has 1 heterocycles. The number of rotatable bonds is 6. The first kappa shape index (κ1) is 18.8. The zero-order chi connectivity index (χ0) is 19.2. The molecule has 6 nitrogen and oxygen atoms in total. The van der Waals surface area contributed by atoms with Crippen molar-refractivity contribution in [3.63, 3.8) is 0 Å². The second-order valence-electron chi connectivity index (χ2n) is 5.91. The molecule has 0 bridgehead atoms. The van der Waals surface area contributed by atoms with Crippen LogP contribution in [0.2, 0.25) is 0 Å². The van der Waals surface area contributed by atoms with Gasteiger partial charge in [-0.25, -0.2) is 4.98 Å². The third kappa shape index (κ3) is 5.27. The van der Waals surface area contributed by atoms with Gasteiger partial charge in [0.25, 0.3) is 5.91 Å². The normalized spacial score (nSPS) is 10.3. The molecule has 2 aromatic carbocycles. The van der Waals surface area contributed by atoms with Crippen LogP contribution in [0.15, 0.2) is 59.1 Å². The van der Waals surface area contributed by atoms with E-state index in [0.29, 0.717) is 17.2 Å². The van der Waals surface area contributed by atoms with Gasteiger partial charge >= 0.3 is 0 Å². The topological polar surface area (TPSA) is 78.9 Å². The van der Waals surface area contributed by atoms with Crippen molar-refractivity contribution in [2.75, 3.05) is 22.5 Å². The van der Waals surface area contributed by atoms with Gasteiger partial charge in [-0.05, 0) is 62.4 Å². The summed E-state index contributed by atoms with van der Waals surface area (Å²) >= 11 is 3.36. The van der Waals surface area contributed by atoms with E-state index >= 15 is 0 Å². The molecule has 0 aliphatic heterocycles. The lowest BCUT2D eigenvalue weighted by atomic mass is 10.2. The van der Waals surface area contributed by atoms with Crippen molar-refractivity contribution in [1.29, 1.82) is 0 Å². The first-order chi connectivity index (χ1) is 13.0. The summed E-state index contributed by atoms with van der Waals surface area (Å²) in [5.74, 6) is 1.16. The maximum atomic E-state index is 12.3. The molecule has 3 aromatic rings. The van der Waals surface area contributed by atoms with Gasteiger partial charge in [0.15, 0.2) is 0 Å². The van der Waals surface area contributed by atoms with E-state index in [1.165, 1.54) is 0 Å². The summed E-state index contributed by atoms with van der Waals surface area (Å²) < 4.78 is 0.935. The Labute approximate surface area is 166 Å². The van der Waals surface area contributed by atoms with Crippen LogP contribution in [0.25, 0.3) is 0 Å². The maximum Gasteiger partial charge on any atom is 0.255 e. The Morgan fingerprint density at radius 3 is 2.33 bits per heavy atom. The molecule has 0 saturated carbocycles. The molecule has 0 unspecified atom stereocenters. The summed E-state index contributed by atoms with van der Waals surface area (Å²) in [7, 11) is 0. The van der Waals surface area contributed by atoms with Crippen molar-refractivity contribution in [2.45, 2.75) is 13.8 Å². The van der Waals surface area contributed by atoms with Crippen LogP contribution in [0, 0.1) is 6.92 Å². The molecule has 0 fully saturated rings. The van der Waals surface area contributed by atoms with Crippen molar-refractivity contribution in [3.8, 4) is 0 Å². The lowest BCUT2D eigenvalue weighted by Crippen LogP contribution is -2.11. The maximum absolute atomic E-state index is 12.3. The average Bonchev–Trinajstić information content (AvgIpc) is 2.64. The van der Waals surface area contributed by atoms with Gasteiger partial charge in [-0.1, -0.05) is 15.9 Å². The Morgan fingerprint density at radius 1 is 1.00 bits per heavy atom. The van der Waals surface area contributed by atoms with Gasteiger partial charge in [0.2, 0.25) is 5.95 Å². The number of benzene rings is 2. The molecule has 7 heteroatoms. The fourth-order valence-corrected chi connectivity index (χ4v) is 2.73. The zero-order valence-corrected chi connectivity index (χ0v) is 16.7. The molecule has 27 heavy (non-hydrogen) atoms. The Morgan fingerprint density at radius 2 is 1.67 bits per heavy atom. The number of carbonyl (C=O) groups is 1. The Bertz CT molecular complexity index is 926. The molecule has 3 rings (SSSR count). The van der Waals surface area contributed by atoms with Crippen LogP contribution in [0.1, 0.15) is 23.0 Å². The molecule has 1 amide bonds. The third-order valence-corrected chi connectivity index (χ3v) is 4.25. The van der Waals surface area contributed by atoms with Gasteiger partial charge in [-0.3, -0.25) is 4.79 Å². The minimum atomic E-state index is -0.152. The molecule has 138 valence electrons. The predicted octanol–water partition coefficient (Wildman–Crippen LogP) is 4.98. The van der Waals surface area contributed by atoms with E-state index in [9.17, 15) is 4.79 Å².